The zero-order chi connectivity index (χ0) is 15.6. The number of hydrogen-bond acceptors (Lipinski definition) is 2. The zero-order valence-electron chi connectivity index (χ0n) is 13.0. The van der Waals surface area contributed by atoms with Gasteiger partial charge in [-0.2, -0.15) is 0 Å². The van der Waals surface area contributed by atoms with E-state index in [2.05, 4.69) is 39.8 Å². The topological polar surface area (TPSA) is 35.2 Å². The maximum Gasteiger partial charge on any atom is 0.150 e. The Morgan fingerprint density at radius 2 is 1.71 bits per heavy atom. The van der Waals surface area contributed by atoms with E-state index in [9.17, 15) is 0 Å². The van der Waals surface area contributed by atoms with Crippen LogP contribution < -0.4 is 10.5 Å². The Morgan fingerprint density at radius 3 is 2.29 bits per heavy atom. The maximum atomic E-state index is 6.04. The molecule has 0 amide bonds. The minimum Gasteiger partial charge on any atom is -0.455 e. The summed E-state index contributed by atoms with van der Waals surface area (Å²) < 4.78 is 6.04. The predicted octanol–water partition coefficient (Wildman–Crippen LogP) is 5.57. The lowest BCUT2D eigenvalue weighted by molar-refractivity contribution is 0.457. The minimum atomic E-state index is 0.00169. The summed E-state index contributed by atoms with van der Waals surface area (Å²) in [6, 6.07) is 11.6. The molecule has 0 spiro atoms. The van der Waals surface area contributed by atoms with E-state index in [1.165, 1.54) is 11.1 Å². The summed E-state index contributed by atoms with van der Waals surface area (Å²) in [4.78, 5) is 0. The molecule has 2 rings (SSSR count). The molecular weight excluding hydrogens is 282 g/mol. The first kappa shape index (κ1) is 15.7. The van der Waals surface area contributed by atoms with Crippen LogP contribution in [0.3, 0.4) is 0 Å². The van der Waals surface area contributed by atoms with Gasteiger partial charge in [0.15, 0.2) is 0 Å². The molecule has 21 heavy (non-hydrogen) atoms. The van der Waals surface area contributed by atoms with Crippen LogP contribution in [0.5, 0.6) is 11.5 Å². The number of rotatable bonds is 3. The molecule has 0 heterocycles. The molecule has 0 aliphatic carbocycles. The van der Waals surface area contributed by atoms with Crippen molar-refractivity contribution in [2.24, 2.45) is 0 Å². The van der Waals surface area contributed by atoms with E-state index in [4.69, 9.17) is 22.1 Å². The number of ether oxygens (including phenoxy) is 1. The molecule has 2 N–H and O–H groups in total. The van der Waals surface area contributed by atoms with Crippen molar-refractivity contribution in [3.63, 3.8) is 0 Å². The second kappa shape index (κ2) is 5.98. The highest BCUT2D eigenvalue weighted by Crippen LogP contribution is 2.37. The molecule has 0 unspecified atom stereocenters. The Balaban J connectivity index is 2.44. The van der Waals surface area contributed by atoms with Gasteiger partial charge in [-0.05, 0) is 41.7 Å². The normalized spacial score (nSPS) is 11.5. The standard InChI is InChI=1S/C18H22ClNO/c1-5-12-6-8-16(14(10-12)18(2,3)4)21-17-9-7-13(19)11-15(17)20/h6-11H,5,20H2,1-4H3. The van der Waals surface area contributed by atoms with Crippen LogP contribution in [-0.2, 0) is 11.8 Å². The number of hydrogen-bond donors (Lipinski definition) is 1. The number of halogens is 1. The van der Waals surface area contributed by atoms with Gasteiger partial charge in [0, 0.05) is 10.6 Å². The fourth-order valence-electron chi connectivity index (χ4n) is 2.20. The molecule has 0 bridgehead atoms. The van der Waals surface area contributed by atoms with Gasteiger partial charge in [-0.25, -0.2) is 0 Å². The average molecular weight is 304 g/mol. The van der Waals surface area contributed by atoms with Gasteiger partial charge < -0.3 is 10.5 Å². The van der Waals surface area contributed by atoms with Crippen LogP contribution >= 0.6 is 11.6 Å². The van der Waals surface area contributed by atoms with E-state index in [1.807, 2.05) is 6.07 Å². The number of anilines is 1. The molecule has 0 aromatic heterocycles. The fraction of sp³-hybridized carbons (Fsp3) is 0.333. The average Bonchev–Trinajstić information content (AvgIpc) is 2.41. The Bertz CT molecular complexity index is 644. The van der Waals surface area contributed by atoms with Crippen molar-refractivity contribution in [3.05, 3.63) is 52.5 Å². The smallest absolute Gasteiger partial charge is 0.150 e. The molecule has 2 aromatic rings. The highest BCUT2D eigenvalue weighted by atomic mass is 35.5. The molecule has 0 radical (unpaired) electrons. The lowest BCUT2D eigenvalue weighted by Crippen LogP contribution is -2.13. The molecule has 0 atom stereocenters. The molecule has 0 aliphatic heterocycles. The first-order valence-corrected chi connectivity index (χ1v) is 7.55. The molecule has 2 aromatic carbocycles. The third-order valence-corrected chi connectivity index (χ3v) is 3.69. The zero-order valence-corrected chi connectivity index (χ0v) is 13.8. The van der Waals surface area contributed by atoms with E-state index in [0.29, 0.717) is 16.5 Å². The van der Waals surface area contributed by atoms with Crippen LogP contribution in [0, 0.1) is 0 Å². The first-order chi connectivity index (χ1) is 9.81. The van der Waals surface area contributed by atoms with Crippen molar-refractivity contribution in [1.82, 2.24) is 0 Å². The third kappa shape index (κ3) is 3.70. The molecular formula is C18H22ClNO. The SMILES string of the molecule is CCc1ccc(Oc2ccc(Cl)cc2N)c(C(C)(C)C)c1. The molecule has 2 nitrogen and oxygen atoms in total. The molecule has 112 valence electrons. The van der Waals surface area contributed by atoms with E-state index in [-0.39, 0.29) is 5.41 Å². The quantitative estimate of drug-likeness (QED) is 0.752. The van der Waals surface area contributed by atoms with Crippen molar-refractivity contribution in [2.45, 2.75) is 39.5 Å². The largest absolute Gasteiger partial charge is 0.455 e. The summed E-state index contributed by atoms with van der Waals surface area (Å²) in [6.07, 6.45) is 1.01. The second-order valence-corrected chi connectivity index (χ2v) is 6.65. The van der Waals surface area contributed by atoms with Crippen LogP contribution in [0.4, 0.5) is 5.69 Å². The van der Waals surface area contributed by atoms with Gasteiger partial charge in [0.05, 0.1) is 5.69 Å². The van der Waals surface area contributed by atoms with Crippen molar-refractivity contribution in [2.75, 3.05) is 5.73 Å². The molecule has 0 saturated carbocycles. The van der Waals surface area contributed by atoms with Gasteiger partial charge >= 0.3 is 0 Å². The number of nitrogen functional groups attached to an aromatic ring is 1. The van der Waals surface area contributed by atoms with E-state index < -0.39 is 0 Å². The number of aryl methyl sites for hydroxylation is 1. The molecule has 0 aliphatic rings. The van der Waals surface area contributed by atoms with E-state index >= 15 is 0 Å². The predicted molar refractivity (Wildman–Crippen MR) is 90.5 cm³/mol. The molecule has 3 heteroatoms. The summed E-state index contributed by atoms with van der Waals surface area (Å²) in [5.74, 6) is 1.47. The van der Waals surface area contributed by atoms with Gasteiger partial charge in [0.2, 0.25) is 0 Å². The lowest BCUT2D eigenvalue weighted by atomic mass is 9.85. The Labute approximate surface area is 131 Å². The van der Waals surface area contributed by atoms with Gasteiger partial charge in [0.25, 0.3) is 0 Å². The highest BCUT2D eigenvalue weighted by molar-refractivity contribution is 6.30. The summed E-state index contributed by atoms with van der Waals surface area (Å²) in [7, 11) is 0. The van der Waals surface area contributed by atoms with Crippen LogP contribution in [0.2, 0.25) is 5.02 Å². The van der Waals surface area contributed by atoms with E-state index in [1.54, 1.807) is 18.2 Å². The van der Waals surface area contributed by atoms with Gasteiger partial charge in [-0.15, -0.1) is 0 Å². The van der Waals surface area contributed by atoms with Crippen molar-refractivity contribution >= 4 is 17.3 Å². The van der Waals surface area contributed by atoms with Crippen LogP contribution in [-0.4, -0.2) is 0 Å². The van der Waals surface area contributed by atoms with Crippen LogP contribution in [0.1, 0.15) is 38.8 Å². The Kier molecular flexibility index (Phi) is 4.48. The van der Waals surface area contributed by atoms with Crippen molar-refractivity contribution < 1.29 is 4.74 Å². The van der Waals surface area contributed by atoms with Gasteiger partial charge in [0.1, 0.15) is 11.5 Å². The molecule has 0 saturated heterocycles. The summed E-state index contributed by atoms with van der Waals surface area (Å²) in [5, 5.41) is 0.609. The van der Waals surface area contributed by atoms with Crippen LogP contribution in [0.25, 0.3) is 0 Å². The number of nitrogens with two attached hydrogens (primary N) is 1. The Hall–Kier alpha value is -1.67. The number of benzene rings is 2. The van der Waals surface area contributed by atoms with Crippen LogP contribution in [0.15, 0.2) is 36.4 Å². The van der Waals surface area contributed by atoms with E-state index in [0.717, 1.165) is 12.2 Å². The Morgan fingerprint density at radius 1 is 1.05 bits per heavy atom. The third-order valence-electron chi connectivity index (χ3n) is 3.45. The van der Waals surface area contributed by atoms with Gasteiger partial charge in [-0.1, -0.05) is 51.4 Å². The monoisotopic (exact) mass is 303 g/mol. The fourth-order valence-corrected chi connectivity index (χ4v) is 2.38. The molecule has 0 fully saturated rings. The van der Waals surface area contributed by atoms with Crippen molar-refractivity contribution in [1.29, 1.82) is 0 Å². The lowest BCUT2D eigenvalue weighted by Gasteiger charge is -2.24. The minimum absolute atomic E-state index is 0.00169. The maximum absolute atomic E-state index is 6.04. The highest BCUT2D eigenvalue weighted by Gasteiger charge is 2.20. The first-order valence-electron chi connectivity index (χ1n) is 7.17. The summed E-state index contributed by atoms with van der Waals surface area (Å²) in [6.45, 7) is 8.69. The van der Waals surface area contributed by atoms with Crippen molar-refractivity contribution in [3.8, 4) is 11.5 Å². The second-order valence-electron chi connectivity index (χ2n) is 6.22. The van der Waals surface area contributed by atoms with Gasteiger partial charge in [-0.3, -0.25) is 0 Å². The summed E-state index contributed by atoms with van der Waals surface area (Å²) >= 11 is 5.93. The summed E-state index contributed by atoms with van der Waals surface area (Å²) in [5.41, 5.74) is 9.00.